The lowest BCUT2D eigenvalue weighted by atomic mass is 10.3. The molecule has 0 atom stereocenters. The lowest BCUT2D eigenvalue weighted by Gasteiger charge is -2.04. The molecule has 0 saturated heterocycles. The van der Waals surface area contributed by atoms with Crippen molar-refractivity contribution in [2.45, 2.75) is 11.4 Å². The Hall–Kier alpha value is -1.97. The monoisotopic (exact) mass is 363 g/mol. The Bertz CT molecular complexity index is 925. The van der Waals surface area contributed by atoms with Crippen molar-refractivity contribution in [2.75, 3.05) is 18.6 Å². The van der Waals surface area contributed by atoms with E-state index in [1.54, 1.807) is 10.9 Å². The molecule has 24 heavy (non-hydrogen) atoms. The third-order valence-corrected chi connectivity index (χ3v) is 5.98. The van der Waals surface area contributed by atoms with Crippen LogP contribution in [0.4, 0.5) is 0 Å². The molecule has 0 amide bonds. The van der Waals surface area contributed by atoms with Crippen LogP contribution in [0.15, 0.2) is 47.9 Å². The molecule has 0 aliphatic carbocycles. The van der Waals surface area contributed by atoms with Gasteiger partial charge in [-0.25, -0.2) is 27.8 Å². The standard InChI is InChI=1S/C15H17N5O2S2/c1-16-24(21,22)9-5-8-23-15-13-10-19-20(14(13)17-11-18-15)12-6-3-2-4-7-12/h2-4,6-7,10-11,16H,5,8-9H2,1H3. The Morgan fingerprint density at radius 2 is 2.00 bits per heavy atom. The van der Waals surface area contributed by atoms with Crippen LogP contribution in [0.25, 0.3) is 16.7 Å². The highest BCUT2D eigenvalue weighted by Crippen LogP contribution is 2.26. The third kappa shape index (κ3) is 3.74. The Labute approximate surface area is 144 Å². The summed E-state index contributed by atoms with van der Waals surface area (Å²) in [5, 5.41) is 6.07. The summed E-state index contributed by atoms with van der Waals surface area (Å²) in [6, 6.07) is 9.77. The molecular formula is C15H17N5O2S2. The van der Waals surface area contributed by atoms with E-state index in [1.807, 2.05) is 30.3 Å². The molecule has 0 bridgehead atoms. The van der Waals surface area contributed by atoms with Gasteiger partial charge in [-0.2, -0.15) is 5.10 Å². The molecule has 0 fully saturated rings. The van der Waals surface area contributed by atoms with Crippen molar-refractivity contribution in [3.63, 3.8) is 0 Å². The molecule has 126 valence electrons. The molecular weight excluding hydrogens is 346 g/mol. The molecule has 7 nitrogen and oxygen atoms in total. The smallest absolute Gasteiger partial charge is 0.211 e. The van der Waals surface area contributed by atoms with Crippen LogP contribution < -0.4 is 4.72 Å². The average Bonchev–Trinajstić information content (AvgIpc) is 3.04. The van der Waals surface area contributed by atoms with E-state index in [2.05, 4.69) is 19.8 Å². The first-order valence-electron chi connectivity index (χ1n) is 7.39. The summed E-state index contributed by atoms with van der Waals surface area (Å²) in [6.07, 6.45) is 3.80. The molecule has 1 N–H and O–H groups in total. The maximum atomic E-state index is 11.4. The molecule has 1 aromatic carbocycles. The number of benzene rings is 1. The predicted octanol–water partition coefficient (Wildman–Crippen LogP) is 1.85. The van der Waals surface area contributed by atoms with Crippen molar-refractivity contribution in [2.24, 2.45) is 0 Å². The number of para-hydroxylation sites is 1. The third-order valence-electron chi connectivity index (χ3n) is 3.44. The highest BCUT2D eigenvalue weighted by molar-refractivity contribution is 7.99. The van der Waals surface area contributed by atoms with Gasteiger partial charge in [-0.1, -0.05) is 18.2 Å². The Morgan fingerprint density at radius 1 is 1.21 bits per heavy atom. The second kappa shape index (κ2) is 7.29. The van der Waals surface area contributed by atoms with E-state index in [4.69, 9.17) is 0 Å². The largest absolute Gasteiger partial charge is 0.229 e. The SMILES string of the molecule is CNS(=O)(=O)CCCSc1ncnc2c1cnn2-c1ccccc1. The van der Waals surface area contributed by atoms with Crippen molar-refractivity contribution in [3.8, 4) is 5.69 Å². The summed E-state index contributed by atoms with van der Waals surface area (Å²) in [5.74, 6) is 0.761. The number of nitrogens with one attached hydrogen (secondary N) is 1. The second-order valence-corrected chi connectivity index (χ2v) is 8.16. The van der Waals surface area contributed by atoms with E-state index < -0.39 is 10.0 Å². The van der Waals surface area contributed by atoms with E-state index in [0.29, 0.717) is 12.2 Å². The summed E-state index contributed by atoms with van der Waals surface area (Å²) in [4.78, 5) is 8.63. The van der Waals surface area contributed by atoms with Crippen molar-refractivity contribution in [1.82, 2.24) is 24.5 Å². The van der Waals surface area contributed by atoms with Crippen LogP contribution in [0.1, 0.15) is 6.42 Å². The first kappa shape index (κ1) is 16.9. The lowest BCUT2D eigenvalue weighted by Crippen LogP contribution is -2.22. The number of sulfonamides is 1. The number of nitrogens with zero attached hydrogens (tertiary/aromatic N) is 4. The average molecular weight is 363 g/mol. The van der Waals surface area contributed by atoms with Crippen LogP contribution >= 0.6 is 11.8 Å². The number of hydrogen-bond acceptors (Lipinski definition) is 6. The van der Waals surface area contributed by atoms with Gasteiger partial charge in [0.25, 0.3) is 0 Å². The highest BCUT2D eigenvalue weighted by Gasteiger charge is 2.12. The predicted molar refractivity (Wildman–Crippen MR) is 94.8 cm³/mol. The van der Waals surface area contributed by atoms with Crippen LogP contribution in [0.3, 0.4) is 0 Å². The second-order valence-electron chi connectivity index (χ2n) is 5.03. The van der Waals surface area contributed by atoms with Gasteiger partial charge in [0.2, 0.25) is 10.0 Å². The van der Waals surface area contributed by atoms with Gasteiger partial charge in [0.1, 0.15) is 11.4 Å². The molecule has 0 unspecified atom stereocenters. The van der Waals surface area contributed by atoms with Crippen LogP contribution in [0.5, 0.6) is 0 Å². The minimum Gasteiger partial charge on any atom is -0.229 e. The van der Waals surface area contributed by atoms with Gasteiger partial charge in [0.05, 0.1) is 23.0 Å². The van der Waals surface area contributed by atoms with E-state index >= 15 is 0 Å². The van der Waals surface area contributed by atoms with Gasteiger partial charge >= 0.3 is 0 Å². The number of fused-ring (bicyclic) bond motifs is 1. The summed E-state index contributed by atoms with van der Waals surface area (Å²) < 4.78 is 26.9. The molecule has 2 heterocycles. The van der Waals surface area contributed by atoms with Gasteiger partial charge in [0.15, 0.2) is 5.65 Å². The molecule has 0 spiro atoms. The summed E-state index contributed by atoms with van der Waals surface area (Å²) in [7, 11) is -1.74. The molecule has 3 aromatic rings. The normalized spacial score (nSPS) is 11.9. The first-order chi connectivity index (χ1) is 11.6. The minimum atomic E-state index is -3.16. The number of hydrogen-bond donors (Lipinski definition) is 1. The molecule has 0 aliphatic rings. The Balaban J connectivity index is 1.77. The quantitative estimate of drug-likeness (QED) is 0.391. The van der Waals surface area contributed by atoms with Gasteiger partial charge in [0, 0.05) is 5.75 Å². The fraction of sp³-hybridized carbons (Fsp3) is 0.267. The zero-order valence-corrected chi connectivity index (χ0v) is 14.7. The summed E-state index contributed by atoms with van der Waals surface area (Å²) >= 11 is 1.51. The number of rotatable bonds is 7. The van der Waals surface area contributed by atoms with Crippen LogP contribution in [-0.4, -0.2) is 46.7 Å². The maximum Gasteiger partial charge on any atom is 0.211 e. The summed E-state index contributed by atoms with van der Waals surface area (Å²) in [6.45, 7) is 0. The van der Waals surface area contributed by atoms with Crippen molar-refractivity contribution in [3.05, 3.63) is 42.9 Å². The Kier molecular flexibility index (Phi) is 5.12. The highest BCUT2D eigenvalue weighted by atomic mass is 32.2. The fourth-order valence-electron chi connectivity index (χ4n) is 2.22. The van der Waals surface area contributed by atoms with Crippen molar-refractivity contribution < 1.29 is 8.42 Å². The van der Waals surface area contributed by atoms with Gasteiger partial charge in [-0.15, -0.1) is 11.8 Å². The molecule has 2 aromatic heterocycles. The summed E-state index contributed by atoms with van der Waals surface area (Å²) in [5.41, 5.74) is 1.67. The Morgan fingerprint density at radius 3 is 2.75 bits per heavy atom. The van der Waals surface area contributed by atoms with Crippen LogP contribution in [0, 0.1) is 0 Å². The van der Waals surface area contributed by atoms with Crippen LogP contribution in [0.2, 0.25) is 0 Å². The van der Waals surface area contributed by atoms with Gasteiger partial charge < -0.3 is 0 Å². The molecule has 9 heteroatoms. The number of aromatic nitrogens is 4. The van der Waals surface area contributed by atoms with Crippen molar-refractivity contribution in [1.29, 1.82) is 0 Å². The fourth-order valence-corrected chi connectivity index (χ4v) is 4.03. The molecule has 0 saturated carbocycles. The topological polar surface area (TPSA) is 89.8 Å². The number of thioether (sulfide) groups is 1. The minimum absolute atomic E-state index is 0.105. The maximum absolute atomic E-state index is 11.4. The zero-order chi connectivity index (χ0) is 17.0. The molecule has 3 rings (SSSR count). The van der Waals surface area contributed by atoms with Crippen LogP contribution in [-0.2, 0) is 10.0 Å². The molecule has 0 aliphatic heterocycles. The molecule has 0 radical (unpaired) electrons. The van der Waals surface area contributed by atoms with E-state index in [-0.39, 0.29) is 5.75 Å². The van der Waals surface area contributed by atoms with E-state index in [1.165, 1.54) is 25.1 Å². The van der Waals surface area contributed by atoms with E-state index in [0.717, 1.165) is 21.7 Å². The van der Waals surface area contributed by atoms with Gasteiger partial charge in [-0.05, 0) is 25.6 Å². The van der Waals surface area contributed by atoms with Gasteiger partial charge in [-0.3, -0.25) is 0 Å². The first-order valence-corrected chi connectivity index (χ1v) is 10.0. The zero-order valence-electron chi connectivity index (χ0n) is 13.1. The van der Waals surface area contributed by atoms with E-state index in [9.17, 15) is 8.42 Å². The lowest BCUT2D eigenvalue weighted by molar-refractivity contribution is 0.587. The van der Waals surface area contributed by atoms with Crippen molar-refractivity contribution >= 4 is 32.8 Å².